The number of piperazine rings is 1. The SMILES string of the molecule is C=C(Nc1ccccc1)N1CCN(c2cc3c(cn2)c(-c2cc(C(F)(F)F)c(F)c(C)c2F)nn3C)C(C)C1. The second-order valence-electron chi connectivity index (χ2n) is 9.68. The molecule has 1 unspecified atom stereocenters. The largest absolute Gasteiger partial charge is 0.419 e. The Balaban J connectivity index is 1.42. The molecule has 39 heavy (non-hydrogen) atoms. The summed E-state index contributed by atoms with van der Waals surface area (Å²) in [7, 11) is 1.62. The van der Waals surface area contributed by atoms with Crippen LogP contribution in [0.25, 0.3) is 22.2 Å². The number of aryl methyl sites for hydroxylation is 1. The van der Waals surface area contributed by atoms with Crippen molar-refractivity contribution in [1.82, 2.24) is 19.7 Å². The Bertz CT molecular complexity index is 1550. The van der Waals surface area contributed by atoms with Gasteiger partial charge in [-0.15, -0.1) is 0 Å². The van der Waals surface area contributed by atoms with Crippen molar-refractivity contribution >= 4 is 22.4 Å². The Kier molecular flexibility index (Phi) is 6.69. The number of nitrogens with one attached hydrogen (secondary N) is 1. The van der Waals surface area contributed by atoms with Gasteiger partial charge in [-0.2, -0.15) is 18.3 Å². The molecule has 1 atom stereocenters. The van der Waals surface area contributed by atoms with Crippen LogP contribution in [-0.4, -0.2) is 45.3 Å². The van der Waals surface area contributed by atoms with Gasteiger partial charge >= 0.3 is 6.18 Å². The molecule has 0 amide bonds. The van der Waals surface area contributed by atoms with Gasteiger partial charge in [-0.3, -0.25) is 4.68 Å². The van der Waals surface area contributed by atoms with Gasteiger partial charge in [-0.05, 0) is 32.0 Å². The van der Waals surface area contributed by atoms with E-state index in [2.05, 4.69) is 38.7 Å². The monoisotopic (exact) mass is 542 g/mol. The van der Waals surface area contributed by atoms with Crippen LogP contribution in [0, 0.1) is 18.6 Å². The molecule has 0 spiro atoms. The lowest BCUT2D eigenvalue weighted by Crippen LogP contribution is -2.52. The maximum atomic E-state index is 15.0. The number of aromatic nitrogens is 3. The van der Waals surface area contributed by atoms with Crippen molar-refractivity contribution < 1.29 is 22.0 Å². The van der Waals surface area contributed by atoms with Crippen LogP contribution in [0.3, 0.4) is 0 Å². The van der Waals surface area contributed by atoms with E-state index in [1.807, 2.05) is 30.3 Å². The molecule has 0 bridgehead atoms. The standard InChI is InChI=1S/C28H27F5N6/c1-16-15-38(18(3)35-19-8-6-5-7-9-19)10-11-39(16)24-13-23-21(14-34-24)27(36-37(23)4)20-12-22(28(31,32)33)26(30)17(2)25(20)29/h5-9,12-14,16,35H,3,10-11,15H2,1-2,4H3. The van der Waals surface area contributed by atoms with E-state index in [-0.39, 0.29) is 11.7 Å². The molecule has 0 radical (unpaired) electrons. The smallest absolute Gasteiger partial charge is 0.355 e. The molecular weight excluding hydrogens is 515 g/mol. The molecular formula is C28H27F5N6. The average molecular weight is 543 g/mol. The van der Waals surface area contributed by atoms with Crippen LogP contribution in [0.2, 0.25) is 0 Å². The molecule has 4 aromatic rings. The van der Waals surface area contributed by atoms with E-state index >= 15 is 4.39 Å². The predicted octanol–water partition coefficient (Wildman–Crippen LogP) is 6.33. The summed E-state index contributed by atoms with van der Waals surface area (Å²) >= 11 is 0. The fraction of sp³-hybridized carbons (Fsp3) is 0.286. The van der Waals surface area contributed by atoms with E-state index in [4.69, 9.17) is 0 Å². The van der Waals surface area contributed by atoms with Crippen molar-refractivity contribution in [3.8, 4) is 11.3 Å². The number of rotatable bonds is 5. The minimum absolute atomic E-state index is 0.0289. The summed E-state index contributed by atoms with van der Waals surface area (Å²) in [4.78, 5) is 8.84. The lowest BCUT2D eigenvalue weighted by molar-refractivity contribution is -0.140. The summed E-state index contributed by atoms with van der Waals surface area (Å²) in [6, 6.07) is 12.1. The van der Waals surface area contributed by atoms with Gasteiger partial charge in [0.2, 0.25) is 0 Å². The molecule has 1 saturated heterocycles. The zero-order valence-corrected chi connectivity index (χ0v) is 21.7. The van der Waals surface area contributed by atoms with Crippen molar-refractivity contribution in [3.63, 3.8) is 0 Å². The summed E-state index contributed by atoms with van der Waals surface area (Å²) in [5, 5.41) is 7.99. The number of fused-ring (bicyclic) bond motifs is 1. The number of para-hydroxylation sites is 1. The quantitative estimate of drug-likeness (QED) is 0.299. The minimum atomic E-state index is -4.98. The molecule has 5 rings (SSSR count). The number of halogens is 5. The van der Waals surface area contributed by atoms with Crippen molar-refractivity contribution in [2.24, 2.45) is 7.05 Å². The first kappa shape index (κ1) is 26.5. The van der Waals surface area contributed by atoms with E-state index in [1.165, 1.54) is 10.9 Å². The second kappa shape index (κ2) is 9.87. The van der Waals surface area contributed by atoms with Crippen LogP contribution in [0.15, 0.2) is 61.1 Å². The average Bonchev–Trinajstić information content (AvgIpc) is 3.22. The van der Waals surface area contributed by atoms with Gasteiger partial charge in [0.25, 0.3) is 0 Å². The second-order valence-corrected chi connectivity index (χ2v) is 9.68. The molecule has 204 valence electrons. The highest BCUT2D eigenvalue weighted by Crippen LogP contribution is 2.39. The molecule has 0 aliphatic carbocycles. The van der Waals surface area contributed by atoms with Crippen LogP contribution in [0.5, 0.6) is 0 Å². The minimum Gasteiger partial charge on any atom is -0.355 e. The normalized spacial score (nSPS) is 16.2. The summed E-state index contributed by atoms with van der Waals surface area (Å²) in [5.74, 6) is -1.25. The van der Waals surface area contributed by atoms with Gasteiger partial charge in [-0.1, -0.05) is 24.8 Å². The molecule has 1 fully saturated rings. The van der Waals surface area contributed by atoms with Crippen LogP contribution < -0.4 is 10.2 Å². The maximum absolute atomic E-state index is 15.0. The third-order valence-electron chi connectivity index (χ3n) is 7.07. The number of alkyl halides is 3. The Morgan fingerprint density at radius 1 is 1.08 bits per heavy atom. The van der Waals surface area contributed by atoms with E-state index in [9.17, 15) is 17.6 Å². The molecule has 6 nitrogen and oxygen atoms in total. The van der Waals surface area contributed by atoms with Gasteiger partial charge in [0.1, 0.15) is 23.1 Å². The lowest BCUT2D eigenvalue weighted by Gasteiger charge is -2.42. The van der Waals surface area contributed by atoms with Gasteiger partial charge < -0.3 is 15.1 Å². The molecule has 3 heterocycles. The first-order valence-corrected chi connectivity index (χ1v) is 12.4. The fourth-order valence-corrected chi connectivity index (χ4v) is 4.96. The molecule has 1 aliphatic heterocycles. The highest BCUT2D eigenvalue weighted by Gasteiger charge is 2.37. The summed E-state index contributed by atoms with van der Waals surface area (Å²) in [5.41, 5.74) is -1.18. The fourth-order valence-electron chi connectivity index (χ4n) is 4.96. The Hall–Kier alpha value is -4.15. The van der Waals surface area contributed by atoms with Crippen molar-refractivity contribution in [3.05, 3.63) is 83.8 Å². The van der Waals surface area contributed by atoms with E-state index in [0.29, 0.717) is 42.4 Å². The predicted molar refractivity (Wildman–Crippen MR) is 141 cm³/mol. The third-order valence-corrected chi connectivity index (χ3v) is 7.07. The first-order chi connectivity index (χ1) is 18.5. The van der Waals surface area contributed by atoms with Gasteiger partial charge in [0.05, 0.1) is 16.9 Å². The van der Waals surface area contributed by atoms with E-state index < -0.39 is 34.5 Å². The molecule has 1 N–H and O–H groups in total. The van der Waals surface area contributed by atoms with Crippen molar-refractivity contribution in [2.45, 2.75) is 26.1 Å². The zero-order chi connectivity index (χ0) is 28.1. The number of nitrogens with zero attached hydrogens (tertiary/aromatic N) is 5. The van der Waals surface area contributed by atoms with Crippen molar-refractivity contribution in [2.75, 3.05) is 29.9 Å². The lowest BCUT2D eigenvalue weighted by atomic mass is 10.0. The third kappa shape index (κ3) is 4.88. The number of hydrogen-bond acceptors (Lipinski definition) is 5. The summed E-state index contributed by atoms with van der Waals surface area (Å²) in [6.07, 6.45) is -3.50. The topological polar surface area (TPSA) is 49.2 Å². The molecule has 1 aliphatic rings. The maximum Gasteiger partial charge on any atom is 0.419 e. The van der Waals surface area contributed by atoms with Gasteiger partial charge in [0.15, 0.2) is 0 Å². The summed E-state index contributed by atoms with van der Waals surface area (Å²) in [6.45, 7) is 9.26. The molecule has 2 aromatic carbocycles. The molecule has 0 saturated carbocycles. The Morgan fingerprint density at radius 3 is 2.46 bits per heavy atom. The first-order valence-electron chi connectivity index (χ1n) is 12.4. The van der Waals surface area contributed by atoms with Crippen LogP contribution in [0.1, 0.15) is 18.1 Å². The van der Waals surface area contributed by atoms with E-state index in [0.717, 1.165) is 18.4 Å². The van der Waals surface area contributed by atoms with Crippen LogP contribution in [0.4, 0.5) is 33.5 Å². The van der Waals surface area contributed by atoms with Crippen molar-refractivity contribution in [1.29, 1.82) is 0 Å². The van der Waals surface area contributed by atoms with E-state index in [1.54, 1.807) is 13.1 Å². The number of pyridine rings is 1. The summed E-state index contributed by atoms with van der Waals surface area (Å²) < 4.78 is 71.0. The van der Waals surface area contributed by atoms with Crippen LogP contribution >= 0.6 is 0 Å². The highest BCUT2D eigenvalue weighted by atomic mass is 19.4. The van der Waals surface area contributed by atoms with Crippen LogP contribution in [-0.2, 0) is 13.2 Å². The highest BCUT2D eigenvalue weighted by molar-refractivity contribution is 5.94. The number of anilines is 2. The Morgan fingerprint density at radius 2 is 1.79 bits per heavy atom. The number of benzene rings is 2. The zero-order valence-electron chi connectivity index (χ0n) is 21.7. The number of hydrogen-bond donors (Lipinski definition) is 1. The van der Waals surface area contributed by atoms with Gasteiger partial charge in [-0.25, -0.2) is 13.8 Å². The Labute approximate surface area is 222 Å². The molecule has 2 aromatic heterocycles. The van der Waals surface area contributed by atoms with Gasteiger partial charge in [0, 0.05) is 67.2 Å². The molecule has 11 heteroatoms.